The van der Waals surface area contributed by atoms with Crippen LogP contribution in [0.4, 0.5) is 10.5 Å². The lowest BCUT2D eigenvalue weighted by Crippen LogP contribution is -2.32. The molecule has 1 aromatic carbocycles. The van der Waals surface area contributed by atoms with Gasteiger partial charge in [0.1, 0.15) is 9.84 Å². The van der Waals surface area contributed by atoms with Crippen molar-refractivity contribution in [3.8, 4) is 0 Å². The lowest BCUT2D eigenvalue weighted by molar-refractivity contribution is 0.252. The largest absolute Gasteiger partial charge is 0.337 e. The third kappa shape index (κ3) is 5.65. The maximum absolute atomic E-state index is 11.4. The average Bonchev–Trinajstić information content (AvgIpc) is 2.27. The number of benzene rings is 1. The highest BCUT2D eigenvalue weighted by molar-refractivity contribution is 7.90. The van der Waals surface area contributed by atoms with E-state index in [0.29, 0.717) is 12.2 Å². The Kier molecular flexibility index (Phi) is 5.11. The van der Waals surface area contributed by atoms with Crippen molar-refractivity contribution in [2.24, 2.45) is 5.73 Å². The van der Waals surface area contributed by atoms with Crippen molar-refractivity contribution in [2.45, 2.75) is 6.54 Å². The number of nitrogens with two attached hydrogens (primary N) is 1. The zero-order valence-electron chi connectivity index (χ0n) is 10.1. The first kappa shape index (κ1) is 14.5. The van der Waals surface area contributed by atoms with Crippen molar-refractivity contribution in [2.75, 3.05) is 23.9 Å². The van der Waals surface area contributed by atoms with Crippen LogP contribution < -0.4 is 16.4 Å². The number of urea groups is 1. The molecular weight excluding hydrogens is 254 g/mol. The Morgan fingerprint density at radius 2 is 2.11 bits per heavy atom. The van der Waals surface area contributed by atoms with Gasteiger partial charge in [0, 0.05) is 25.0 Å². The summed E-state index contributed by atoms with van der Waals surface area (Å²) in [4.78, 5) is 11.4. The van der Waals surface area contributed by atoms with E-state index in [4.69, 9.17) is 5.73 Å². The molecule has 0 heterocycles. The van der Waals surface area contributed by atoms with Crippen molar-refractivity contribution in [1.82, 2.24) is 5.32 Å². The Morgan fingerprint density at radius 1 is 1.39 bits per heavy atom. The summed E-state index contributed by atoms with van der Waals surface area (Å²) in [6.07, 6.45) is 1.12. The topological polar surface area (TPSA) is 101 Å². The van der Waals surface area contributed by atoms with E-state index in [1.165, 1.54) is 0 Å². The summed E-state index contributed by atoms with van der Waals surface area (Å²) in [7, 11) is -3.06. The first-order valence-electron chi connectivity index (χ1n) is 5.42. The number of amides is 2. The Labute approximate surface area is 106 Å². The first-order chi connectivity index (χ1) is 8.40. The maximum atomic E-state index is 11.4. The van der Waals surface area contributed by atoms with Crippen LogP contribution >= 0.6 is 0 Å². The number of carbonyl (C=O) groups excluding carboxylic acids is 1. The minimum Gasteiger partial charge on any atom is -0.337 e. The molecule has 1 rings (SSSR count). The summed E-state index contributed by atoms with van der Waals surface area (Å²) >= 11 is 0. The molecule has 2 amide bonds. The van der Waals surface area contributed by atoms with Crippen LogP contribution in [0.15, 0.2) is 24.3 Å². The van der Waals surface area contributed by atoms with Crippen LogP contribution in [0, 0.1) is 0 Å². The predicted molar refractivity (Wildman–Crippen MR) is 71.1 cm³/mol. The Bertz CT molecular complexity index is 514. The Hall–Kier alpha value is -1.60. The van der Waals surface area contributed by atoms with Gasteiger partial charge in [-0.3, -0.25) is 0 Å². The third-order valence-electron chi connectivity index (χ3n) is 2.18. The van der Waals surface area contributed by atoms with Gasteiger partial charge in [-0.05, 0) is 17.7 Å². The average molecular weight is 271 g/mol. The fourth-order valence-corrected chi connectivity index (χ4v) is 1.77. The molecule has 0 saturated heterocycles. The normalized spacial score (nSPS) is 11.0. The quantitative estimate of drug-likeness (QED) is 0.717. The van der Waals surface area contributed by atoms with E-state index >= 15 is 0 Å². The molecule has 100 valence electrons. The highest BCUT2D eigenvalue weighted by Gasteiger charge is 2.05. The fraction of sp³-hybridized carbons (Fsp3) is 0.364. The second kappa shape index (κ2) is 6.36. The number of carbonyl (C=O) groups is 1. The molecule has 1 aromatic rings. The van der Waals surface area contributed by atoms with E-state index in [1.54, 1.807) is 18.2 Å². The van der Waals surface area contributed by atoms with Gasteiger partial charge in [-0.25, -0.2) is 13.2 Å². The van der Waals surface area contributed by atoms with E-state index in [0.717, 1.165) is 11.8 Å². The van der Waals surface area contributed by atoms with Crippen molar-refractivity contribution in [1.29, 1.82) is 0 Å². The Balaban J connectivity index is 2.44. The highest BCUT2D eigenvalue weighted by atomic mass is 32.2. The van der Waals surface area contributed by atoms with Crippen LogP contribution in [-0.2, 0) is 16.4 Å². The number of hydrogen-bond donors (Lipinski definition) is 3. The second-order valence-corrected chi connectivity index (χ2v) is 6.18. The predicted octanol–water partition coefficient (Wildman–Crippen LogP) is 0.311. The zero-order valence-corrected chi connectivity index (χ0v) is 11.0. The van der Waals surface area contributed by atoms with E-state index in [9.17, 15) is 13.2 Å². The first-order valence-corrected chi connectivity index (χ1v) is 7.48. The van der Waals surface area contributed by atoms with E-state index in [-0.39, 0.29) is 12.3 Å². The molecule has 0 bridgehead atoms. The van der Waals surface area contributed by atoms with Crippen LogP contribution in [0.2, 0.25) is 0 Å². The van der Waals surface area contributed by atoms with Crippen molar-refractivity contribution >= 4 is 21.6 Å². The molecule has 6 nitrogen and oxygen atoms in total. The smallest absolute Gasteiger partial charge is 0.319 e. The summed E-state index contributed by atoms with van der Waals surface area (Å²) in [6, 6.07) is 6.69. The molecule has 0 radical (unpaired) electrons. The summed E-state index contributed by atoms with van der Waals surface area (Å²) < 4.78 is 21.7. The van der Waals surface area contributed by atoms with Gasteiger partial charge < -0.3 is 16.4 Å². The monoisotopic (exact) mass is 271 g/mol. The molecule has 0 atom stereocenters. The summed E-state index contributed by atoms with van der Waals surface area (Å²) in [6.45, 7) is 0.479. The summed E-state index contributed by atoms with van der Waals surface area (Å²) in [5.41, 5.74) is 7.01. The molecule has 0 aliphatic heterocycles. The van der Waals surface area contributed by atoms with Gasteiger partial charge in [0.05, 0.1) is 5.75 Å². The van der Waals surface area contributed by atoms with Crippen molar-refractivity contribution in [3.63, 3.8) is 0 Å². The van der Waals surface area contributed by atoms with E-state index in [1.807, 2.05) is 6.07 Å². The van der Waals surface area contributed by atoms with Gasteiger partial charge in [0.15, 0.2) is 0 Å². The van der Waals surface area contributed by atoms with Gasteiger partial charge in [-0.2, -0.15) is 0 Å². The molecule has 7 heteroatoms. The molecule has 0 aliphatic rings. The standard InChI is InChI=1S/C11H17N3O3S/c1-18(16,17)6-5-13-11(15)14-10-4-2-3-9(7-10)8-12/h2-4,7H,5-6,8,12H2,1H3,(H2,13,14,15). The number of rotatable bonds is 5. The van der Waals surface area contributed by atoms with Crippen molar-refractivity contribution < 1.29 is 13.2 Å². The highest BCUT2D eigenvalue weighted by Crippen LogP contribution is 2.09. The van der Waals surface area contributed by atoms with Gasteiger partial charge in [-0.15, -0.1) is 0 Å². The summed E-state index contributed by atoms with van der Waals surface area (Å²) in [5.74, 6) is -0.0801. The molecule has 0 spiro atoms. The van der Waals surface area contributed by atoms with Crippen LogP contribution in [0.25, 0.3) is 0 Å². The van der Waals surface area contributed by atoms with Crippen LogP contribution in [0.1, 0.15) is 5.56 Å². The fourth-order valence-electron chi connectivity index (χ4n) is 1.30. The van der Waals surface area contributed by atoms with E-state index in [2.05, 4.69) is 10.6 Å². The lowest BCUT2D eigenvalue weighted by Gasteiger charge is -2.08. The van der Waals surface area contributed by atoms with E-state index < -0.39 is 15.9 Å². The van der Waals surface area contributed by atoms with Crippen LogP contribution in [-0.4, -0.2) is 33.0 Å². The Morgan fingerprint density at radius 3 is 2.72 bits per heavy atom. The number of hydrogen-bond acceptors (Lipinski definition) is 4. The third-order valence-corrected chi connectivity index (χ3v) is 3.12. The summed E-state index contributed by atoms with van der Waals surface area (Å²) in [5, 5.41) is 5.07. The maximum Gasteiger partial charge on any atom is 0.319 e. The zero-order chi connectivity index (χ0) is 13.6. The second-order valence-electron chi connectivity index (χ2n) is 3.92. The lowest BCUT2D eigenvalue weighted by atomic mass is 10.2. The number of anilines is 1. The SMILES string of the molecule is CS(=O)(=O)CCNC(=O)Nc1cccc(CN)c1. The minimum absolute atomic E-state index is 0.0801. The minimum atomic E-state index is -3.06. The van der Waals surface area contributed by atoms with Gasteiger partial charge in [0.25, 0.3) is 0 Å². The molecule has 0 saturated carbocycles. The van der Waals surface area contributed by atoms with Crippen molar-refractivity contribution in [3.05, 3.63) is 29.8 Å². The molecule has 18 heavy (non-hydrogen) atoms. The molecule has 0 aliphatic carbocycles. The van der Waals surface area contributed by atoms with Gasteiger partial charge >= 0.3 is 6.03 Å². The molecule has 0 unspecified atom stereocenters. The van der Waals surface area contributed by atoms with Gasteiger partial charge in [0.2, 0.25) is 0 Å². The molecular formula is C11H17N3O3S. The number of nitrogens with one attached hydrogen (secondary N) is 2. The number of sulfone groups is 1. The molecule has 0 fully saturated rings. The molecule has 0 aromatic heterocycles. The van der Waals surface area contributed by atoms with Gasteiger partial charge in [-0.1, -0.05) is 12.1 Å². The molecule has 4 N–H and O–H groups in total. The van der Waals surface area contributed by atoms with Crippen LogP contribution in [0.5, 0.6) is 0 Å². The van der Waals surface area contributed by atoms with Crippen LogP contribution in [0.3, 0.4) is 0 Å².